The van der Waals surface area contributed by atoms with Gasteiger partial charge in [-0.1, -0.05) is 12.1 Å². The van der Waals surface area contributed by atoms with Crippen LogP contribution in [0.4, 0.5) is 25.4 Å². The van der Waals surface area contributed by atoms with E-state index >= 15 is 0 Å². The molecule has 0 saturated carbocycles. The number of anilines is 2. The van der Waals surface area contributed by atoms with Gasteiger partial charge < -0.3 is 30.0 Å². The Balaban J connectivity index is 1.45. The molecule has 4 N–H and O–H groups in total. The topological polar surface area (TPSA) is 131 Å². The third-order valence-electron chi connectivity index (χ3n) is 5.00. The number of phenols is 1. The highest BCUT2D eigenvalue weighted by Crippen LogP contribution is 2.38. The molecule has 3 aromatic carbocycles. The van der Waals surface area contributed by atoms with Gasteiger partial charge in [-0.05, 0) is 36.4 Å². The Labute approximate surface area is 204 Å². The summed E-state index contributed by atoms with van der Waals surface area (Å²) in [6.45, 7) is 0. The number of aromatic hydroxyl groups is 1. The fourth-order valence-electron chi connectivity index (χ4n) is 3.32. The number of carbonyl (C=O) groups is 2. The van der Waals surface area contributed by atoms with E-state index in [0.717, 1.165) is 0 Å². The second-order valence-electron chi connectivity index (χ2n) is 7.33. The molecule has 0 bridgehead atoms. The number of amides is 4. The highest BCUT2D eigenvalue weighted by Gasteiger charge is 2.14. The van der Waals surface area contributed by atoms with Gasteiger partial charge in [-0.3, -0.25) is 10.3 Å². The number of hydrogen-bond acceptors (Lipinski definition) is 7. The number of urea groups is 2. The molecule has 0 saturated heterocycles. The lowest BCUT2D eigenvalue weighted by molar-refractivity contribution is 0.240. The van der Waals surface area contributed by atoms with Gasteiger partial charge in [-0.25, -0.2) is 14.0 Å². The maximum absolute atomic E-state index is 13.6. The van der Waals surface area contributed by atoms with E-state index in [1.54, 1.807) is 24.4 Å². The van der Waals surface area contributed by atoms with Crippen molar-refractivity contribution in [2.45, 2.75) is 0 Å². The fourth-order valence-corrected chi connectivity index (χ4v) is 3.32. The molecule has 4 amide bonds. The summed E-state index contributed by atoms with van der Waals surface area (Å²) in [5.41, 5.74) is 0.536. The molecule has 0 atom stereocenters. The molecule has 184 valence electrons. The van der Waals surface area contributed by atoms with E-state index in [2.05, 4.69) is 15.6 Å². The van der Waals surface area contributed by atoms with E-state index in [4.69, 9.17) is 14.2 Å². The predicted molar refractivity (Wildman–Crippen MR) is 131 cm³/mol. The molecule has 0 aliphatic carbocycles. The molecule has 1 heterocycles. The van der Waals surface area contributed by atoms with Crippen LogP contribution < -0.4 is 30.2 Å². The van der Waals surface area contributed by atoms with E-state index in [9.17, 15) is 19.1 Å². The number of fused-ring (bicyclic) bond motifs is 1. The minimum atomic E-state index is -0.950. The molecule has 4 aromatic rings. The molecule has 0 unspecified atom stereocenters. The first-order valence-electron chi connectivity index (χ1n) is 10.5. The normalized spacial score (nSPS) is 10.4. The van der Waals surface area contributed by atoms with Gasteiger partial charge in [-0.15, -0.1) is 0 Å². The number of phenolic OH excluding ortho intramolecular Hbond substituents is 1. The van der Waals surface area contributed by atoms with Gasteiger partial charge >= 0.3 is 12.1 Å². The number of ether oxygens (including phenoxy) is 3. The number of para-hydroxylation sites is 1. The summed E-state index contributed by atoms with van der Waals surface area (Å²) in [5, 5.41) is 17.6. The van der Waals surface area contributed by atoms with Crippen LogP contribution in [0.5, 0.6) is 28.7 Å². The minimum Gasteiger partial charge on any atom is -0.506 e. The molecule has 0 radical (unpaired) electrons. The second-order valence-corrected chi connectivity index (χ2v) is 7.33. The number of carbonyl (C=O) groups excluding carboxylic acids is 2. The summed E-state index contributed by atoms with van der Waals surface area (Å²) in [7, 11) is 3.04. The average molecular weight is 492 g/mol. The summed E-state index contributed by atoms with van der Waals surface area (Å²) < 4.78 is 30.2. The molecule has 0 aliphatic rings. The summed E-state index contributed by atoms with van der Waals surface area (Å²) >= 11 is 0. The van der Waals surface area contributed by atoms with Crippen molar-refractivity contribution in [1.82, 2.24) is 10.3 Å². The van der Waals surface area contributed by atoms with Crippen LogP contribution in [0.15, 0.2) is 66.9 Å². The molecule has 36 heavy (non-hydrogen) atoms. The van der Waals surface area contributed by atoms with Gasteiger partial charge in [0.15, 0.2) is 11.5 Å². The molecular formula is C25H21FN4O6. The van der Waals surface area contributed by atoms with Crippen LogP contribution in [-0.4, -0.2) is 36.4 Å². The highest BCUT2D eigenvalue weighted by atomic mass is 19.1. The van der Waals surface area contributed by atoms with Gasteiger partial charge in [0.2, 0.25) is 0 Å². The van der Waals surface area contributed by atoms with E-state index in [1.165, 1.54) is 56.7 Å². The number of halogens is 1. The number of rotatable bonds is 6. The first-order chi connectivity index (χ1) is 17.4. The molecule has 4 rings (SSSR count). The molecular weight excluding hydrogens is 471 g/mol. The Bertz CT molecular complexity index is 1450. The van der Waals surface area contributed by atoms with Crippen molar-refractivity contribution in [2.24, 2.45) is 0 Å². The molecule has 0 spiro atoms. The standard InChI is InChI=1S/C25H21FN4O6/c1-34-22-12-15-19(13-23(22)35-2)27-10-9-21(15)36-14-7-8-18(20(31)11-14)29-25(33)30-24(32)28-17-6-4-3-5-16(17)26/h3-13,31H,1-2H3,(H3,28,29,30,32,33). The van der Waals surface area contributed by atoms with Crippen molar-refractivity contribution in [1.29, 1.82) is 0 Å². The Hall–Kier alpha value is -5.06. The number of nitrogens with one attached hydrogen (secondary N) is 3. The molecule has 10 nitrogen and oxygen atoms in total. The minimum absolute atomic E-state index is 0.0181. The lowest BCUT2D eigenvalue weighted by Gasteiger charge is -2.13. The fraction of sp³-hybridized carbons (Fsp3) is 0.0800. The first kappa shape index (κ1) is 24.1. The zero-order chi connectivity index (χ0) is 25.7. The zero-order valence-electron chi connectivity index (χ0n) is 19.2. The Morgan fingerprint density at radius 2 is 1.56 bits per heavy atom. The maximum atomic E-state index is 13.6. The summed E-state index contributed by atoms with van der Waals surface area (Å²) in [6, 6.07) is 12.9. The number of benzene rings is 3. The van der Waals surface area contributed by atoms with Crippen LogP contribution in [-0.2, 0) is 0 Å². The van der Waals surface area contributed by atoms with Crippen LogP contribution >= 0.6 is 0 Å². The largest absolute Gasteiger partial charge is 0.506 e. The van der Waals surface area contributed by atoms with Crippen molar-refractivity contribution < 1.29 is 33.3 Å². The number of methoxy groups -OCH3 is 2. The van der Waals surface area contributed by atoms with Crippen LogP contribution in [0, 0.1) is 5.82 Å². The van der Waals surface area contributed by atoms with Crippen molar-refractivity contribution in [2.75, 3.05) is 24.9 Å². The molecule has 11 heteroatoms. The van der Waals surface area contributed by atoms with Crippen LogP contribution in [0.25, 0.3) is 10.9 Å². The van der Waals surface area contributed by atoms with Gasteiger partial charge in [0.25, 0.3) is 0 Å². The van der Waals surface area contributed by atoms with Gasteiger partial charge in [0.05, 0.1) is 31.1 Å². The van der Waals surface area contributed by atoms with Crippen LogP contribution in [0.2, 0.25) is 0 Å². The maximum Gasteiger partial charge on any atom is 0.327 e. The smallest absolute Gasteiger partial charge is 0.327 e. The van der Waals surface area contributed by atoms with Crippen LogP contribution in [0.1, 0.15) is 0 Å². The number of pyridine rings is 1. The van der Waals surface area contributed by atoms with Crippen LogP contribution in [0.3, 0.4) is 0 Å². The third-order valence-corrected chi connectivity index (χ3v) is 5.00. The summed E-state index contributed by atoms with van der Waals surface area (Å²) in [6.07, 6.45) is 1.57. The van der Waals surface area contributed by atoms with Crippen molar-refractivity contribution in [3.63, 3.8) is 0 Å². The monoisotopic (exact) mass is 492 g/mol. The van der Waals surface area contributed by atoms with E-state index in [0.29, 0.717) is 28.2 Å². The highest BCUT2D eigenvalue weighted by molar-refractivity contribution is 6.05. The van der Waals surface area contributed by atoms with E-state index in [1.807, 2.05) is 5.32 Å². The Kier molecular flexibility index (Phi) is 7.00. The average Bonchev–Trinajstić information content (AvgIpc) is 2.86. The van der Waals surface area contributed by atoms with Gasteiger partial charge in [-0.2, -0.15) is 0 Å². The van der Waals surface area contributed by atoms with Crippen molar-refractivity contribution in [3.05, 3.63) is 72.7 Å². The predicted octanol–water partition coefficient (Wildman–Crippen LogP) is 5.24. The molecule has 0 fully saturated rings. The lowest BCUT2D eigenvalue weighted by atomic mass is 10.2. The summed E-state index contributed by atoms with van der Waals surface area (Å²) in [5.74, 6) is 0.774. The molecule has 1 aromatic heterocycles. The van der Waals surface area contributed by atoms with Gasteiger partial charge in [0.1, 0.15) is 23.1 Å². The SMILES string of the molecule is COc1cc2nccc(Oc3ccc(NC(=O)NC(=O)Nc4ccccc4F)c(O)c3)c2cc1OC. The zero-order valence-corrected chi connectivity index (χ0v) is 19.2. The van der Waals surface area contributed by atoms with Crippen molar-refractivity contribution >= 4 is 34.3 Å². The number of imide groups is 1. The van der Waals surface area contributed by atoms with Gasteiger partial charge in [0, 0.05) is 23.7 Å². The number of aromatic nitrogens is 1. The number of nitrogens with zero attached hydrogens (tertiary/aromatic N) is 1. The number of hydrogen-bond donors (Lipinski definition) is 4. The quantitative estimate of drug-likeness (QED) is 0.271. The lowest BCUT2D eigenvalue weighted by Crippen LogP contribution is -2.37. The van der Waals surface area contributed by atoms with E-state index < -0.39 is 17.9 Å². The Morgan fingerprint density at radius 3 is 2.25 bits per heavy atom. The summed E-state index contributed by atoms with van der Waals surface area (Å²) in [4.78, 5) is 28.4. The first-order valence-corrected chi connectivity index (χ1v) is 10.5. The molecule has 0 aliphatic heterocycles. The van der Waals surface area contributed by atoms with Crippen molar-refractivity contribution in [3.8, 4) is 28.7 Å². The second kappa shape index (κ2) is 10.5. The van der Waals surface area contributed by atoms with E-state index in [-0.39, 0.29) is 22.9 Å². The third kappa shape index (κ3) is 5.36. The Morgan fingerprint density at radius 1 is 0.861 bits per heavy atom.